The third-order valence-corrected chi connectivity index (χ3v) is 5.81. The Hall–Kier alpha value is -1.86. The van der Waals surface area contributed by atoms with E-state index in [0.717, 1.165) is 69.7 Å². The van der Waals surface area contributed by atoms with Crippen molar-refractivity contribution in [3.05, 3.63) is 23.9 Å². The smallest absolute Gasteiger partial charge is 0.191 e. The molecule has 0 amide bonds. The second-order valence-electron chi connectivity index (χ2n) is 8.01. The molecule has 2 unspecified atom stereocenters. The summed E-state index contributed by atoms with van der Waals surface area (Å²) in [5.74, 6) is 1.99. The van der Waals surface area contributed by atoms with Crippen LogP contribution in [0.4, 0.5) is 5.82 Å². The van der Waals surface area contributed by atoms with Crippen molar-refractivity contribution in [1.82, 2.24) is 20.5 Å². The molecule has 0 spiro atoms. The van der Waals surface area contributed by atoms with E-state index in [2.05, 4.69) is 56.4 Å². The Morgan fingerprint density at radius 1 is 1.32 bits per heavy atom. The molecule has 0 aliphatic carbocycles. The molecule has 3 heterocycles. The molecule has 2 N–H and O–H groups in total. The highest BCUT2D eigenvalue weighted by atomic mass is 16.5. The topological polar surface area (TPSA) is 65.0 Å². The van der Waals surface area contributed by atoms with Crippen molar-refractivity contribution >= 4 is 11.8 Å². The van der Waals surface area contributed by atoms with Crippen molar-refractivity contribution in [2.45, 2.75) is 51.7 Å². The molecule has 2 atom stereocenters. The third-order valence-electron chi connectivity index (χ3n) is 5.81. The lowest BCUT2D eigenvalue weighted by atomic mass is 10.1. The molecule has 2 aliphatic rings. The number of guanidine groups is 1. The molecule has 28 heavy (non-hydrogen) atoms. The van der Waals surface area contributed by atoms with Gasteiger partial charge in [-0.3, -0.25) is 9.89 Å². The van der Waals surface area contributed by atoms with Crippen LogP contribution in [0.5, 0.6) is 0 Å². The second-order valence-corrected chi connectivity index (χ2v) is 8.01. The number of anilines is 1. The molecule has 2 fully saturated rings. The Bertz CT molecular complexity index is 644. The highest BCUT2D eigenvalue weighted by Crippen LogP contribution is 2.18. The van der Waals surface area contributed by atoms with Crippen molar-refractivity contribution in [2.24, 2.45) is 4.99 Å². The zero-order valence-electron chi connectivity index (χ0n) is 17.8. The number of nitrogens with one attached hydrogen (secondary N) is 2. The lowest BCUT2D eigenvalue weighted by Gasteiger charge is -2.38. The SMILES string of the molecule is CN=C(NCC(C)N1CCOCC1C)NC1CCN(c2cccc(C)n2)CC1. The molecule has 1 aromatic heterocycles. The van der Waals surface area contributed by atoms with E-state index in [1.165, 1.54) is 0 Å². The number of nitrogens with zero attached hydrogens (tertiary/aromatic N) is 4. The van der Waals surface area contributed by atoms with Gasteiger partial charge in [0.1, 0.15) is 5.82 Å². The highest BCUT2D eigenvalue weighted by Gasteiger charge is 2.24. The van der Waals surface area contributed by atoms with Crippen LogP contribution >= 0.6 is 0 Å². The minimum absolute atomic E-state index is 0.449. The lowest BCUT2D eigenvalue weighted by Crippen LogP contribution is -2.54. The Labute approximate surface area is 169 Å². The first-order chi connectivity index (χ1) is 13.6. The van der Waals surface area contributed by atoms with Crippen LogP contribution in [-0.4, -0.2) is 80.4 Å². The predicted octanol–water partition coefficient (Wildman–Crippen LogP) is 1.63. The summed E-state index contributed by atoms with van der Waals surface area (Å²) in [5.41, 5.74) is 1.08. The van der Waals surface area contributed by atoms with Crippen molar-refractivity contribution in [1.29, 1.82) is 0 Å². The Kier molecular flexibility index (Phi) is 7.50. The second kappa shape index (κ2) is 10.1. The number of ether oxygens (including phenoxy) is 1. The summed E-state index contributed by atoms with van der Waals surface area (Å²) < 4.78 is 5.55. The van der Waals surface area contributed by atoms with E-state index in [4.69, 9.17) is 4.74 Å². The number of pyridine rings is 1. The number of hydrogen-bond donors (Lipinski definition) is 2. The first kappa shape index (κ1) is 20.9. The fourth-order valence-corrected chi connectivity index (χ4v) is 4.10. The van der Waals surface area contributed by atoms with Gasteiger partial charge in [-0.2, -0.15) is 0 Å². The number of aryl methyl sites for hydroxylation is 1. The van der Waals surface area contributed by atoms with Crippen LogP contribution in [0.2, 0.25) is 0 Å². The fraction of sp³-hybridized carbons (Fsp3) is 0.714. The molecule has 1 aromatic rings. The van der Waals surface area contributed by atoms with Gasteiger partial charge in [0.05, 0.1) is 13.2 Å². The number of hydrogen-bond acceptors (Lipinski definition) is 5. The van der Waals surface area contributed by atoms with E-state index in [1.54, 1.807) is 0 Å². The van der Waals surface area contributed by atoms with Gasteiger partial charge in [-0.15, -0.1) is 0 Å². The van der Waals surface area contributed by atoms with Crippen LogP contribution in [0, 0.1) is 6.92 Å². The predicted molar refractivity (Wildman–Crippen MR) is 115 cm³/mol. The molecule has 2 saturated heterocycles. The number of aliphatic imine (C=N–C) groups is 1. The van der Waals surface area contributed by atoms with Crippen LogP contribution in [0.15, 0.2) is 23.2 Å². The minimum Gasteiger partial charge on any atom is -0.379 e. The van der Waals surface area contributed by atoms with Crippen LogP contribution in [0.3, 0.4) is 0 Å². The summed E-state index contributed by atoms with van der Waals surface area (Å²) in [6.45, 7) is 12.1. The van der Waals surface area contributed by atoms with Gasteiger partial charge >= 0.3 is 0 Å². The molecule has 3 rings (SSSR count). The van der Waals surface area contributed by atoms with E-state index in [-0.39, 0.29) is 0 Å². The van der Waals surface area contributed by atoms with E-state index in [0.29, 0.717) is 18.1 Å². The summed E-state index contributed by atoms with van der Waals surface area (Å²) in [7, 11) is 1.85. The van der Waals surface area contributed by atoms with Gasteiger partial charge in [-0.05, 0) is 45.7 Å². The summed E-state index contributed by atoms with van der Waals surface area (Å²) in [6, 6.07) is 7.61. The standard InChI is InChI=1S/C21H36N6O/c1-16-6-5-7-20(24-16)26-10-8-19(9-11-26)25-21(22-4)23-14-17(2)27-12-13-28-15-18(27)3/h5-7,17-19H,8-15H2,1-4H3,(H2,22,23,25). The molecule has 0 saturated carbocycles. The molecular formula is C21H36N6O. The van der Waals surface area contributed by atoms with Crippen molar-refractivity contribution in [2.75, 3.05) is 51.3 Å². The van der Waals surface area contributed by atoms with Crippen molar-refractivity contribution in [3.63, 3.8) is 0 Å². The third kappa shape index (κ3) is 5.58. The van der Waals surface area contributed by atoms with Gasteiger partial charge in [0, 0.05) is 57.0 Å². The molecule has 0 radical (unpaired) electrons. The summed E-state index contributed by atoms with van der Waals surface area (Å²) in [4.78, 5) is 14.0. The molecule has 0 bridgehead atoms. The van der Waals surface area contributed by atoms with Crippen LogP contribution < -0.4 is 15.5 Å². The van der Waals surface area contributed by atoms with E-state index >= 15 is 0 Å². The van der Waals surface area contributed by atoms with Crippen LogP contribution in [-0.2, 0) is 4.74 Å². The number of rotatable bonds is 5. The van der Waals surface area contributed by atoms with Gasteiger partial charge in [0.25, 0.3) is 0 Å². The van der Waals surface area contributed by atoms with Gasteiger partial charge in [0.15, 0.2) is 5.96 Å². The Morgan fingerprint density at radius 2 is 2.11 bits per heavy atom. The molecule has 7 nitrogen and oxygen atoms in total. The first-order valence-electron chi connectivity index (χ1n) is 10.6. The number of piperidine rings is 1. The number of morpholine rings is 1. The average Bonchev–Trinajstić information content (AvgIpc) is 2.71. The largest absolute Gasteiger partial charge is 0.379 e. The molecule has 2 aliphatic heterocycles. The Balaban J connectivity index is 1.43. The molecular weight excluding hydrogens is 352 g/mol. The first-order valence-corrected chi connectivity index (χ1v) is 10.6. The van der Waals surface area contributed by atoms with Crippen molar-refractivity contribution in [3.8, 4) is 0 Å². The van der Waals surface area contributed by atoms with Crippen LogP contribution in [0.1, 0.15) is 32.4 Å². The van der Waals surface area contributed by atoms with Gasteiger partial charge < -0.3 is 20.3 Å². The molecule has 7 heteroatoms. The quantitative estimate of drug-likeness (QED) is 0.591. The zero-order chi connectivity index (χ0) is 19.9. The highest BCUT2D eigenvalue weighted by molar-refractivity contribution is 5.80. The summed E-state index contributed by atoms with van der Waals surface area (Å²) in [6.07, 6.45) is 2.18. The maximum atomic E-state index is 5.55. The van der Waals surface area contributed by atoms with Gasteiger partial charge in [-0.1, -0.05) is 6.07 Å². The van der Waals surface area contributed by atoms with E-state index in [1.807, 2.05) is 20.0 Å². The lowest BCUT2D eigenvalue weighted by molar-refractivity contribution is -0.0174. The monoisotopic (exact) mass is 388 g/mol. The summed E-state index contributed by atoms with van der Waals surface area (Å²) >= 11 is 0. The van der Waals surface area contributed by atoms with E-state index in [9.17, 15) is 0 Å². The van der Waals surface area contributed by atoms with Gasteiger partial charge in [-0.25, -0.2) is 4.98 Å². The fourth-order valence-electron chi connectivity index (χ4n) is 4.10. The van der Waals surface area contributed by atoms with Gasteiger partial charge in [0.2, 0.25) is 0 Å². The minimum atomic E-state index is 0.449. The Morgan fingerprint density at radius 3 is 2.79 bits per heavy atom. The van der Waals surface area contributed by atoms with E-state index < -0.39 is 0 Å². The molecule has 156 valence electrons. The molecule has 0 aromatic carbocycles. The normalized spacial score (nSPS) is 23.5. The van der Waals surface area contributed by atoms with Crippen LogP contribution in [0.25, 0.3) is 0 Å². The average molecular weight is 389 g/mol. The zero-order valence-corrected chi connectivity index (χ0v) is 17.8. The van der Waals surface area contributed by atoms with Crippen molar-refractivity contribution < 1.29 is 4.74 Å². The maximum absolute atomic E-state index is 5.55. The number of aromatic nitrogens is 1. The maximum Gasteiger partial charge on any atom is 0.191 e. The summed E-state index contributed by atoms with van der Waals surface area (Å²) in [5, 5.41) is 7.12.